The zero-order chi connectivity index (χ0) is 9.97. The molecule has 2 aromatic heterocycles. The molecule has 7 heteroatoms. The molecule has 0 unspecified atom stereocenters. The molecule has 0 aliphatic rings. The summed E-state index contributed by atoms with van der Waals surface area (Å²) in [6.07, 6.45) is 0. The average molecular weight is 229 g/mol. The minimum atomic E-state index is 0.261. The summed E-state index contributed by atoms with van der Waals surface area (Å²) < 4.78 is 10.2. The molecule has 1 N–H and O–H groups in total. The number of hydrogen-bond acceptors (Lipinski definition) is 6. The van der Waals surface area contributed by atoms with E-state index in [1.54, 1.807) is 12.6 Å². The maximum Gasteiger partial charge on any atom is 0.284 e. The summed E-state index contributed by atoms with van der Waals surface area (Å²) in [6, 6.07) is 0. The van der Waals surface area contributed by atoms with E-state index >= 15 is 0 Å². The van der Waals surface area contributed by atoms with Crippen molar-refractivity contribution in [1.29, 1.82) is 0 Å². The summed E-state index contributed by atoms with van der Waals surface area (Å²) in [4.78, 5) is 5.24. The van der Waals surface area contributed by atoms with Crippen LogP contribution in [0.4, 0.5) is 0 Å². The molecule has 2 heterocycles. The van der Waals surface area contributed by atoms with Gasteiger partial charge in [0.15, 0.2) is 0 Å². The van der Waals surface area contributed by atoms with E-state index in [2.05, 4.69) is 15.2 Å². The smallest absolute Gasteiger partial charge is 0.284 e. The maximum atomic E-state index is 5.18. The summed E-state index contributed by atoms with van der Waals surface area (Å²) in [5.74, 6) is 0.463. The second kappa shape index (κ2) is 3.99. The van der Waals surface area contributed by atoms with Crippen molar-refractivity contribution in [3.63, 3.8) is 0 Å². The highest BCUT2D eigenvalue weighted by atomic mass is 32.1. The second-order valence-electron chi connectivity index (χ2n) is 2.48. The Morgan fingerprint density at radius 2 is 2.57 bits per heavy atom. The number of nitrogens with one attached hydrogen (secondary N) is 1. The fourth-order valence-corrected chi connectivity index (χ4v) is 1.86. The zero-order valence-corrected chi connectivity index (χ0v) is 8.94. The molecule has 0 atom stereocenters. The Hall–Kier alpha value is -1.05. The van der Waals surface area contributed by atoms with Gasteiger partial charge in [0.25, 0.3) is 10.7 Å². The molecule has 0 aliphatic heterocycles. The highest BCUT2D eigenvalue weighted by Gasteiger charge is 2.12. The quantitative estimate of drug-likeness (QED) is 0.815. The second-order valence-corrected chi connectivity index (χ2v) is 3.71. The number of aromatic nitrogens is 3. The summed E-state index contributed by atoms with van der Waals surface area (Å²) in [7, 11) is 1.61. The minimum absolute atomic E-state index is 0.261. The topological polar surface area (TPSA) is 63.9 Å². The summed E-state index contributed by atoms with van der Waals surface area (Å²) >= 11 is 6.23. The fraction of sp³-hybridized carbons (Fsp3) is 0.286. The van der Waals surface area contributed by atoms with Crippen molar-refractivity contribution in [3.05, 3.63) is 16.0 Å². The van der Waals surface area contributed by atoms with Gasteiger partial charge in [-0.25, -0.2) is 10.1 Å². The van der Waals surface area contributed by atoms with Crippen LogP contribution in [0.5, 0.6) is 0 Å². The first kappa shape index (κ1) is 9.50. The van der Waals surface area contributed by atoms with Gasteiger partial charge in [0.05, 0.1) is 17.8 Å². The van der Waals surface area contributed by atoms with Gasteiger partial charge in [0, 0.05) is 7.11 Å². The lowest BCUT2D eigenvalue weighted by atomic mass is 10.4. The largest absolute Gasteiger partial charge is 0.408 e. The van der Waals surface area contributed by atoms with Crippen LogP contribution in [0, 0.1) is 4.84 Å². The van der Waals surface area contributed by atoms with E-state index in [1.165, 1.54) is 11.3 Å². The standard InChI is InChI=1S/C7H7N3O2S2/c1-11-2-4-5(14-3-8-4)6-9-10-7(13)12-6/h3H,2H2,1H3,(H,10,13). The van der Waals surface area contributed by atoms with E-state index in [-0.39, 0.29) is 4.84 Å². The first-order chi connectivity index (χ1) is 6.81. The molecule has 0 aliphatic carbocycles. The van der Waals surface area contributed by atoms with Crippen LogP contribution in [0.3, 0.4) is 0 Å². The van der Waals surface area contributed by atoms with Crippen LogP contribution in [-0.4, -0.2) is 22.3 Å². The SMILES string of the molecule is COCc1ncsc1-c1n[nH]c(=S)o1. The molecule has 2 rings (SSSR count). The van der Waals surface area contributed by atoms with E-state index in [0.717, 1.165) is 10.6 Å². The van der Waals surface area contributed by atoms with E-state index in [4.69, 9.17) is 21.4 Å². The van der Waals surface area contributed by atoms with Gasteiger partial charge >= 0.3 is 0 Å². The summed E-state index contributed by atoms with van der Waals surface area (Å²) in [6.45, 7) is 0.438. The maximum absolute atomic E-state index is 5.18. The molecule has 74 valence electrons. The van der Waals surface area contributed by atoms with Crippen molar-refractivity contribution < 1.29 is 9.15 Å². The van der Waals surface area contributed by atoms with Gasteiger partial charge in [-0.15, -0.1) is 16.4 Å². The van der Waals surface area contributed by atoms with E-state index in [1.807, 2.05) is 0 Å². The molecule has 2 aromatic rings. The van der Waals surface area contributed by atoms with Crippen LogP contribution in [0.1, 0.15) is 5.69 Å². The Morgan fingerprint density at radius 3 is 3.21 bits per heavy atom. The molecule has 0 bridgehead atoms. The molecule has 0 saturated heterocycles. The van der Waals surface area contributed by atoms with Crippen LogP contribution in [0.2, 0.25) is 0 Å². The number of H-pyrrole nitrogens is 1. The third kappa shape index (κ3) is 1.74. The molecule has 0 fully saturated rings. The normalized spacial score (nSPS) is 10.6. The predicted octanol–water partition coefficient (Wildman–Crippen LogP) is 2.00. The van der Waals surface area contributed by atoms with Crippen LogP contribution in [0.15, 0.2) is 9.93 Å². The summed E-state index contributed by atoms with van der Waals surface area (Å²) in [5.41, 5.74) is 2.53. The molecule has 0 spiro atoms. The van der Waals surface area contributed by atoms with Gasteiger partial charge < -0.3 is 9.15 Å². The number of rotatable bonds is 3. The Balaban J connectivity index is 2.40. The molecule has 14 heavy (non-hydrogen) atoms. The van der Waals surface area contributed by atoms with Gasteiger partial charge in [-0.1, -0.05) is 0 Å². The molecule has 0 saturated carbocycles. The molecule has 0 radical (unpaired) electrons. The van der Waals surface area contributed by atoms with Crippen LogP contribution in [-0.2, 0) is 11.3 Å². The number of ether oxygens (including phenoxy) is 1. The number of nitrogens with zero attached hydrogens (tertiary/aromatic N) is 2. The van der Waals surface area contributed by atoms with Crippen molar-refractivity contribution in [2.75, 3.05) is 7.11 Å². The first-order valence-corrected chi connectivity index (χ1v) is 5.07. The van der Waals surface area contributed by atoms with E-state index in [9.17, 15) is 0 Å². The van der Waals surface area contributed by atoms with Crippen molar-refractivity contribution in [2.45, 2.75) is 6.61 Å². The minimum Gasteiger partial charge on any atom is -0.408 e. The Kier molecular flexibility index (Phi) is 2.71. The van der Waals surface area contributed by atoms with Crippen molar-refractivity contribution in [2.24, 2.45) is 0 Å². The van der Waals surface area contributed by atoms with Crippen LogP contribution >= 0.6 is 23.6 Å². The Morgan fingerprint density at radius 1 is 1.71 bits per heavy atom. The Bertz CT molecular complexity index is 473. The number of aromatic amines is 1. The molecule has 0 amide bonds. The highest BCUT2D eigenvalue weighted by Crippen LogP contribution is 2.26. The van der Waals surface area contributed by atoms with Gasteiger partial charge in [0.2, 0.25) is 0 Å². The van der Waals surface area contributed by atoms with Crippen molar-refractivity contribution in [3.8, 4) is 10.8 Å². The van der Waals surface area contributed by atoms with E-state index in [0.29, 0.717) is 12.5 Å². The number of methoxy groups -OCH3 is 1. The molecular weight excluding hydrogens is 222 g/mol. The monoisotopic (exact) mass is 229 g/mol. The van der Waals surface area contributed by atoms with Gasteiger partial charge in [-0.3, -0.25) is 0 Å². The molecule has 0 aromatic carbocycles. The average Bonchev–Trinajstić information content (AvgIpc) is 2.74. The lowest BCUT2D eigenvalue weighted by Gasteiger charge is -1.95. The lowest BCUT2D eigenvalue weighted by Crippen LogP contribution is -1.89. The zero-order valence-electron chi connectivity index (χ0n) is 7.31. The third-order valence-corrected chi connectivity index (χ3v) is 2.59. The van der Waals surface area contributed by atoms with Crippen LogP contribution in [0.25, 0.3) is 10.8 Å². The van der Waals surface area contributed by atoms with Gasteiger partial charge in [-0.2, -0.15) is 0 Å². The van der Waals surface area contributed by atoms with Gasteiger partial charge in [-0.05, 0) is 12.2 Å². The first-order valence-electron chi connectivity index (χ1n) is 3.78. The Labute approximate surface area is 88.8 Å². The molecular formula is C7H7N3O2S2. The lowest BCUT2D eigenvalue weighted by molar-refractivity contribution is 0.182. The number of thiazole rings is 1. The predicted molar refractivity (Wildman–Crippen MR) is 53.5 cm³/mol. The molecule has 5 nitrogen and oxygen atoms in total. The van der Waals surface area contributed by atoms with Crippen molar-refractivity contribution in [1.82, 2.24) is 15.2 Å². The van der Waals surface area contributed by atoms with Crippen molar-refractivity contribution >= 4 is 23.6 Å². The third-order valence-electron chi connectivity index (χ3n) is 1.55. The number of hydrogen-bond donors (Lipinski definition) is 1. The van der Waals surface area contributed by atoms with Gasteiger partial charge in [0.1, 0.15) is 4.88 Å². The highest BCUT2D eigenvalue weighted by molar-refractivity contribution is 7.71. The summed E-state index contributed by atoms with van der Waals surface area (Å²) in [5, 5.41) is 6.48. The fourth-order valence-electron chi connectivity index (χ4n) is 1.01. The van der Waals surface area contributed by atoms with Crippen LogP contribution < -0.4 is 0 Å². The van der Waals surface area contributed by atoms with E-state index < -0.39 is 0 Å².